The summed E-state index contributed by atoms with van der Waals surface area (Å²) in [7, 11) is 2.83. The molecule has 1 aromatic rings. The number of esters is 1. The first-order valence-electron chi connectivity index (χ1n) is 6.35. The van der Waals surface area contributed by atoms with E-state index in [9.17, 15) is 4.79 Å². The second-order valence-electron chi connectivity index (χ2n) is 4.18. The number of nitrogens with one attached hydrogen (secondary N) is 1. The van der Waals surface area contributed by atoms with Crippen molar-refractivity contribution in [3.05, 3.63) is 48.6 Å². The summed E-state index contributed by atoms with van der Waals surface area (Å²) in [5.41, 5.74) is 3.86. The monoisotopic (exact) mass is 279 g/mol. The largest absolute Gasteiger partial charge is 0.467 e. The van der Waals surface area contributed by atoms with Crippen LogP contribution in [0.2, 0.25) is 0 Å². The molecule has 0 radical (unpaired) electrons. The Morgan fingerprint density at radius 2 is 2.05 bits per heavy atom. The topological polar surface area (TPSA) is 56.8 Å². The van der Waals surface area contributed by atoms with Crippen LogP contribution in [0.3, 0.4) is 0 Å². The van der Waals surface area contributed by atoms with Crippen LogP contribution in [0.4, 0.5) is 0 Å². The van der Waals surface area contributed by atoms with Gasteiger partial charge in [-0.3, -0.25) is 0 Å². The summed E-state index contributed by atoms with van der Waals surface area (Å²) in [6, 6.07) is 9.43. The predicted octanol–water partition coefficient (Wildman–Crippen LogP) is 1.49. The van der Waals surface area contributed by atoms with Crippen molar-refractivity contribution >= 4 is 5.97 Å². The zero-order chi connectivity index (χ0) is 14.8. The highest BCUT2D eigenvalue weighted by Gasteiger charge is 2.30. The van der Waals surface area contributed by atoms with Gasteiger partial charge in [-0.15, -0.1) is 6.58 Å². The molecule has 0 bridgehead atoms. The Kier molecular flexibility index (Phi) is 7.57. The van der Waals surface area contributed by atoms with Crippen molar-refractivity contribution in [3.63, 3.8) is 0 Å². The maximum atomic E-state index is 11.8. The van der Waals surface area contributed by atoms with Gasteiger partial charge in [-0.05, 0) is 12.0 Å². The highest BCUT2D eigenvalue weighted by atomic mass is 16.6. The minimum Gasteiger partial charge on any atom is -0.467 e. The van der Waals surface area contributed by atoms with E-state index in [0.717, 1.165) is 5.56 Å². The Bertz CT molecular complexity index is 408. The second-order valence-corrected chi connectivity index (χ2v) is 4.18. The summed E-state index contributed by atoms with van der Waals surface area (Å²) in [4.78, 5) is 16.8. The molecule has 1 aromatic carbocycles. The van der Waals surface area contributed by atoms with Crippen molar-refractivity contribution in [2.24, 2.45) is 0 Å². The van der Waals surface area contributed by atoms with Crippen LogP contribution >= 0.6 is 0 Å². The van der Waals surface area contributed by atoms with E-state index in [1.807, 2.05) is 30.3 Å². The molecule has 5 heteroatoms. The first-order chi connectivity index (χ1) is 9.72. The van der Waals surface area contributed by atoms with Gasteiger partial charge in [-0.1, -0.05) is 36.4 Å². The molecular weight excluding hydrogens is 258 g/mol. The lowest BCUT2D eigenvalue weighted by atomic mass is 10.0. The molecule has 110 valence electrons. The quantitative estimate of drug-likeness (QED) is 0.422. The normalized spacial score (nSPS) is 13.5. The fraction of sp³-hybridized carbons (Fsp3) is 0.400. The molecule has 0 saturated carbocycles. The van der Waals surface area contributed by atoms with Crippen LogP contribution in [0.25, 0.3) is 0 Å². The van der Waals surface area contributed by atoms with Crippen LogP contribution in [0.5, 0.6) is 0 Å². The number of hydroxylamine groups is 1. The Hall–Kier alpha value is -1.69. The number of ether oxygens (including phenoxy) is 2. The van der Waals surface area contributed by atoms with E-state index in [-0.39, 0.29) is 12.6 Å². The molecule has 20 heavy (non-hydrogen) atoms. The molecule has 0 aliphatic rings. The lowest BCUT2D eigenvalue weighted by Gasteiger charge is -2.25. The molecule has 0 heterocycles. The minimum atomic E-state index is -0.766. The lowest BCUT2D eigenvalue weighted by molar-refractivity contribution is -0.158. The average molecular weight is 279 g/mol. The molecule has 0 fully saturated rings. The van der Waals surface area contributed by atoms with E-state index in [1.165, 1.54) is 14.2 Å². The molecule has 1 N–H and O–H groups in total. The van der Waals surface area contributed by atoms with Gasteiger partial charge in [0.2, 0.25) is 0 Å². The van der Waals surface area contributed by atoms with Gasteiger partial charge in [0.1, 0.15) is 0 Å². The molecule has 0 aliphatic carbocycles. The van der Waals surface area contributed by atoms with Crippen molar-refractivity contribution in [2.45, 2.75) is 18.6 Å². The first kappa shape index (κ1) is 16.4. The van der Waals surface area contributed by atoms with Crippen LogP contribution in [0.1, 0.15) is 5.56 Å². The third-order valence-electron chi connectivity index (χ3n) is 2.76. The van der Waals surface area contributed by atoms with Gasteiger partial charge in [0.15, 0.2) is 6.10 Å². The first-order valence-corrected chi connectivity index (χ1v) is 6.35. The van der Waals surface area contributed by atoms with E-state index in [2.05, 4.69) is 12.1 Å². The number of rotatable bonds is 9. The molecule has 0 saturated heterocycles. The number of hydrogen-bond donors (Lipinski definition) is 1. The van der Waals surface area contributed by atoms with E-state index < -0.39 is 12.1 Å². The third kappa shape index (κ3) is 5.13. The summed E-state index contributed by atoms with van der Waals surface area (Å²) in [6.07, 6.45) is 1.40. The molecule has 0 amide bonds. The summed E-state index contributed by atoms with van der Waals surface area (Å²) >= 11 is 0. The summed E-state index contributed by atoms with van der Waals surface area (Å²) < 4.78 is 10.3. The molecular formula is C15H21NO4. The van der Waals surface area contributed by atoms with E-state index in [1.54, 1.807) is 6.08 Å². The Balaban J connectivity index is 2.82. The summed E-state index contributed by atoms with van der Waals surface area (Å²) in [6.45, 7) is 3.84. The number of carbonyl (C=O) groups excluding carboxylic acids is 1. The van der Waals surface area contributed by atoms with Crippen LogP contribution in [-0.2, 0) is 25.5 Å². The van der Waals surface area contributed by atoms with Gasteiger partial charge in [-0.2, -0.15) is 5.48 Å². The molecule has 0 aliphatic heterocycles. The number of methoxy groups -OCH3 is 1. The fourth-order valence-electron chi connectivity index (χ4n) is 1.87. The highest BCUT2D eigenvalue weighted by molar-refractivity contribution is 5.75. The van der Waals surface area contributed by atoms with Crippen molar-refractivity contribution in [1.82, 2.24) is 5.48 Å². The van der Waals surface area contributed by atoms with Gasteiger partial charge >= 0.3 is 5.97 Å². The summed E-state index contributed by atoms with van der Waals surface area (Å²) in [5.74, 6) is -0.447. The fourth-order valence-corrected chi connectivity index (χ4v) is 1.87. The van der Waals surface area contributed by atoms with Gasteiger partial charge in [0.05, 0.1) is 26.9 Å². The van der Waals surface area contributed by atoms with Crippen LogP contribution in [0.15, 0.2) is 43.0 Å². The van der Waals surface area contributed by atoms with Crippen molar-refractivity contribution in [1.29, 1.82) is 0 Å². The van der Waals surface area contributed by atoms with Crippen LogP contribution in [0, 0.1) is 0 Å². The van der Waals surface area contributed by atoms with Gasteiger partial charge in [0, 0.05) is 0 Å². The third-order valence-corrected chi connectivity index (χ3v) is 2.76. The molecule has 2 atom stereocenters. The number of benzene rings is 1. The standard InChI is InChI=1S/C15H21NO4/c1-4-10-20-14(15(17)18-2)13(16-19-3)11-12-8-6-5-7-9-12/h4-9,13-14,16H,1,10-11H2,2-3H3/t13-,14-/m1/s1. The molecule has 0 spiro atoms. The van der Waals surface area contributed by atoms with E-state index in [4.69, 9.17) is 14.3 Å². The second kappa shape index (κ2) is 9.25. The van der Waals surface area contributed by atoms with Gasteiger partial charge in [0.25, 0.3) is 0 Å². The maximum absolute atomic E-state index is 11.8. The van der Waals surface area contributed by atoms with Crippen molar-refractivity contribution < 1.29 is 19.1 Å². The average Bonchev–Trinajstić information content (AvgIpc) is 2.48. The molecule has 0 unspecified atom stereocenters. The minimum absolute atomic E-state index is 0.260. The highest BCUT2D eigenvalue weighted by Crippen LogP contribution is 2.10. The Morgan fingerprint density at radius 3 is 2.60 bits per heavy atom. The van der Waals surface area contributed by atoms with E-state index in [0.29, 0.717) is 6.42 Å². The SMILES string of the molecule is C=CCO[C@@H](C(=O)OC)[C@@H](Cc1ccccc1)NOC. The molecule has 0 aromatic heterocycles. The zero-order valence-electron chi connectivity index (χ0n) is 11.9. The lowest BCUT2D eigenvalue weighted by Crippen LogP contribution is -2.47. The molecule has 1 rings (SSSR count). The van der Waals surface area contributed by atoms with Crippen LogP contribution in [-0.4, -0.2) is 38.9 Å². The zero-order valence-corrected chi connectivity index (χ0v) is 11.9. The summed E-state index contributed by atoms with van der Waals surface area (Å²) in [5, 5.41) is 0. The van der Waals surface area contributed by atoms with Gasteiger partial charge < -0.3 is 14.3 Å². The molecule has 5 nitrogen and oxygen atoms in total. The predicted molar refractivity (Wildman–Crippen MR) is 76.0 cm³/mol. The Morgan fingerprint density at radius 1 is 1.35 bits per heavy atom. The van der Waals surface area contributed by atoms with Gasteiger partial charge in [-0.25, -0.2) is 4.79 Å². The van der Waals surface area contributed by atoms with Crippen molar-refractivity contribution in [2.75, 3.05) is 20.8 Å². The maximum Gasteiger partial charge on any atom is 0.336 e. The number of hydrogen-bond acceptors (Lipinski definition) is 5. The smallest absolute Gasteiger partial charge is 0.336 e. The Labute approximate surface area is 119 Å². The van der Waals surface area contributed by atoms with Crippen LogP contribution < -0.4 is 5.48 Å². The number of carbonyl (C=O) groups is 1. The van der Waals surface area contributed by atoms with Crippen molar-refractivity contribution in [3.8, 4) is 0 Å². The van der Waals surface area contributed by atoms with E-state index >= 15 is 0 Å².